The average molecular weight is 335 g/mol. The van der Waals surface area contributed by atoms with E-state index in [-0.39, 0.29) is 11.9 Å². The van der Waals surface area contributed by atoms with Crippen molar-refractivity contribution in [3.8, 4) is 11.1 Å². The first-order chi connectivity index (χ1) is 12.3. The topological polar surface area (TPSA) is 58.2 Å². The summed E-state index contributed by atoms with van der Waals surface area (Å²) < 4.78 is 5.24. The summed E-state index contributed by atoms with van der Waals surface area (Å²) >= 11 is 0. The third-order valence-corrected chi connectivity index (χ3v) is 5.23. The molecular formula is C20H21N3O2. The van der Waals surface area contributed by atoms with Crippen molar-refractivity contribution in [2.45, 2.75) is 18.4 Å². The van der Waals surface area contributed by atoms with Gasteiger partial charge in [0.25, 0.3) is 0 Å². The van der Waals surface area contributed by atoms with Crippen LogP contribution < -0.4 is 4.90 Å². The van der Waals surface area contributed by atoms with E-state index in [0.29, 0.717) is 0 Å². The van der Waals surface area contributed by atoms with Gasteiger partial charge in [0.2, 0.25) is 0 Å². The number of aromatic nitrogens is 2. The predicted octanol–water partition coefficient (Wildman–Crippen LogP) is 3.33. The molecule has 0 unspecified atom stereocenters. The number of rotatable bonds is 4. The van der Waals surface area contributed by atoms with Crippen LogP contribution >= 0.6 is 0 Å². The molecule has 0 saturated carbocycles. The number of hydrogen-bond acceptors (Lipinski definition) is 4. The Morgan fingerprint density at radius 2 is 2.04 bits per heavy atom. The van der Waals surface area contributed by atoms with Crippen molar-refractivity contribution in [3.63, 3.8) is 0 Å². The van der Waals surface area contributed by atoms with Gasteiger partial charge in [-0.05, 0) is 18.4 Å². The van der Waals surface area contributed by atoms with Crippen LogP contribution in [0.3, 0.4) is 0 Å². The quantitative estimate of drug-likeness (QED) is 0.871. The third-order valence-electron chi connectivity index (χ3n) is 5.23. The number of ether oxygens (including phenoxy) is 1. The lowest BCUT2D eigenvalue weighted by atomic mass is 9.82. The highest BCUT2D eigenvalue weighted by Gasteiger charge is 2.54. The highest BCUT2D eigenvalue weighted by molar-refractivity contribution is 5.89. The zero-order valence-electron chi connectivity index (χ0n) is 14.2. The van der Waals surface area contributed by atoms with Crippen molar-refractivity contribution in [1.29, 1.82) is 0 Å². The highest BCUT2D eigenvalue weighted by Crippen LogP contribution is 2.44. The molecule has 1 fully saturated rings. The Kier molecular flexibility index (Phi) is 3.92. The van der Waals surface area contributed by atoms with Gasteiger partial charge >= 0.3 is 5.97 Å². The zero-order chi connectivity index (χ0) is 17.3. The molecule has 1 aromatic carbocycles. The molecule has 5 heteroatoms. The number of anilines is 1. The second kappa shape index (κ2) is 6.24. The molecule has 0 amide bonds. The minimum atomic E-state index is -0.728. The summed E-state index contributed by atoms with van der Waals surface area (Å²) in [5.41, 5.74) is 1.35. The van der Waals surface area contributed by atoms with Crippen LogP contribution in [0.4, 0.5) is 5.82 Å². The van der Waals surface area contributed by atoms with Crippen LogP contribution in [0.25, 0.3) is 11.1 Å². The molecule has 2 aliphatic rings. The molecule has 0 radical (unpaired) electrons. The number of nitrogens with one attached hydrogen (secondary N) is 1. The van der Waals surface area contributed by atoms with Gasteiger partial charge < -0.3 is 9.64 Å². The summed E-state index contributed by atoms with van der Waals surface area (Å²) in [6, 6.07) is 10.1. The second-order valence-electron chi connectivity index (χ2n) is 6.46. The molecule has 0 spiro atoms. The number of benzene rings is 1. The van der Waals surface area contributed by atoms with Crippen molar-refractivity contribution in [2.24, 2.45) is 5.92 Å². The number of carbonyl (C=O) groups is 1. The fraction of sp³-hybridized carbons (Fsp3) is 0.300. The van der Waals surface area contributed by atoms with E-state index >= 15 is 0 Å². The molecule has 1 N–H and O–H groups in total. The molecule has 5 nitrogen and oxygen atoms in total. The van der Waals surface area contributed by atoms with E-state index in [2.05, 4.69) is 39.4 Å². The summed E-state index contributed by atoms with van der Waals surface area (Å²) in [6.45, 7) is 0.787. The van der Waals surface area contributed by atoms with Gasteiger partial charge in [0.1, 0.15) is 11.4 Å². The maximum Gasteiger partial charge on any atom is 0.332 e. The number of carbonyl (C=O) groups excluding carboxylic acids is 1. The number of H-pyrrole nitrogens is 1. The number of nitrogens with zero attached hydrogens (tertiary/aromatic N) is 2. The molecule has 1 aliphatic heterocycles. The summed E-state index contributed by atoms with van der Waals surface area (Å²) in [4.78, 5) is 15.1. The maximum atomic E-state index is 12.9. The largest absolute Gasteiger partial charge is 0.467 e. The standard InChI is InChI=1S/C20H21N3O2/c1-25-19(24)20(16-10-5-6-11-16)12-7-13-23(20)18-17(14-21-22-18)15-8-3-2-4-9-15/h2-6,8-11,14,16H,7,12-13H2,1H3,(H,21,22)/t20-/m1/s1. The van der Waals surface area contributed by atoms with Crippen LogP contribution in [-0.4, -0.2) is 35.4 Å². The van der Waals surface area contributed by atoms with Crippen molar-refractivity contribution >= 4 is 11.8 Å². The molecular weight excluding hydrogens is 314 g/mol. The van der Waals surface area contributed by atoms with Crippen LogP contribution in [0.1, 0.15) is 12.8 Å². The molecule has 0 bridgehead atoms. The summed E-state index contributed by atoms with van der Waals surface area (Å²) in [5.74, 6) is 0.678. The number of allylic oxidation sites excluding steroid dienone is 2. The van der Waals surface area contributed by atoms with E-state index in [0.717, 1.165) is 36.3 Å². The normalized spacial score (nSPS) is 22.7. The minimum Gasteiger partial charge on any atom is -0.467 e. The first kappa shape index (κ1) is 15.7. The summed E-state index contributed by atoms with van der Waals surface area (Å²) in [7, 11) is 1.47. The van der Waals surface area contributed by atoms with Gasteiger partial charge in [0.05, 0.1) is 13.3 Å². The number of esters is 1. The molecule has 1 atom stereocenters. The van der Waals surface area contributed by atoms with Crippen LogP contribution in [0.2, 0.25) is 0 Å². The summed E-state index contributed by atoms with van der Waals surface area (Å²) in [5, 5.41) is 7.39. The molecule has 2 aromatic rings. The molecule has 4 rings (SSSR count). The Balaban J connectivity index is 1.82. The predicted molar refractivity (Wildman–Crippen MR) is 97.1 cm³/mol. The van der Waals surface area contributed by atoms with E-state index in [9.17, 15) is 4.79 Å². The zero-order valence-corrected chi connectivity index (χ0v) is 14.2. The first-order valence-electron chi connectivity index (χ1n) is 8.57. The Bertz CT molecular complexity index is 812. The Hall–Kier alpha value is -2.82. The van der Waals surface area contributed by atoms with E-state index < -0.39 is 5.54 Å². The Labute approximate surface area is 147 Å². The van der Waals surface area contributed by atoms with E-state index in [4.69, 9.17) is 4.74 Å². The van der Waals surface area contributed by atoms with Crippen molar-refractivity contribution in [3.05, 3.63) is 60.8 Å². The number of methoxy groups -OCH3 is 1. The van der Waals surface area contributed by atoms with Crippen molar-refractivity contribution in [1.82, 2.24) is 10.2 Å². The molecule has 1 saturated heterocycles. The average Bonchev–Trinajstić information content (AvgIpc) is 3.40. The van der Waals surface area contributed by atoms with Crippen molar-refractivity contribution < 1.29 is 9.53 Å². The summed E-state index contributed by atoms with van der Waals surface area (Å²) in [6.07, 6.45) is 11.7. The van der Waals surface area contributed by atoms with E-state index in [1.165, 1.54) is 7.11 Å². The molecule has 1 aromatic heterocycles. The number of aromatic amines is 1. The minimum absolute atomic E-state index is 0.00521. The Morgan fingerprint density at radius 3 is 2.76 bits per heavy atom. The van der Waals surface area contributed by atoms with Crippen LogP contribution in [0.5, 0.6) is 0 Å². The monoisotopic (exact) mass is 335 g/mol. The van der Waals surface area contributed by atoms with E-state index in [1.807, 2.05) is 36.5 Å². The second-order valence-corrected chi connectivity index (χ2v) is 6.46. The molecule has 128 valence electrons. The lowest BCUT2D eigenvalue weighted by molar-refractivity contribution is -0.147. The number of hydrogen-bond donors (Lipinski definition) is 1. The lowest BCUT2D eigenvalue weighted by Gasteiger charge is -2.40. The SMILES string of the molecule is COC(=O)[C@]1(C2C=CC=C2)CCCN1c1[nH]ncc1-c1ccccc1. The van der Waals surface area contributed by atoms with Crippen LogP contribution in [0.15, 0.2) is 60.8 Å². The molecule has 1 aliphatic carbocycles. The third kappa shape index (κ3) is 2.38. The molecule has 2 heterocycles. The fourth-order valence-electron chi connectivity index (χ4n) is 4.09. The first-order valence-corrected chi connectivity index (χ1v) is 8.57. The highest BCUT2D eigenvalue weighted by atomic mass is 16.5. The lowest BCUT2D eigenvalue weighted by Crippen LogP contribution is -2.56. The van der Waals surface area contributed by atoms with Crippen LogP contribution in [-0.2, 0) is 9.53 Å². The van der Waals surface area contributed by atoms with Gasteiger partial charge in [-0.2, -0.15) is 5.10 Å². The Morgan fingerprint density at radius 1 is 1.28 bits per heavy atom. The van der Waals surface area contributed by atoms with Crippen LogP contribution in [0, 0.1) is 5.92 Å². The van der Waals surface area contributed by atoms with Gasteiger partial charge in [-0.1, -0.05) is 54.6 Å². The van der Waals surface area contributed by atoms with E-state index in [1.54, 1.807) is 0 Å². The van der Waals surface area contributed by atoms with Gasteiger partial charge in [-0.25, -0.2) is 4.79 Å². The van der Waals surface area contributed by atoms with Gasteiger partial charge in [0.15, 0.2) is 0 Å². The fourth-order valence-corrected chi connectivity index (χ4v) is 4.09. The molecule has 25 heavy (non-hydrogen) atoms. The smallest absolute Gasteiger partial charge is 0.332 e. The van der Waals surface area contributed by atoms with Gasteiger partial charge in [-0.3, -0.25) is 5.10 Å². The maximum absolute atomic E-state index is 12.9. The van der Waals surface area contributed by atoms with Gasteiger partial charge in [-0.15, -0.1) is 0 Å². The van der Waals surface area contributed by atoms with Gasteiger partial charge in [0, 0.05) is 18.0 Å². The van der Waals surface area contributed by atoms with Crippen molar-refractivity contribution in [2.75, 3.05) is 18.6 Å².